The monoisotopic (exact) mass is 303 g/mol. The smallest absolute Gasteiger partial charge is 0.274 e. The molecule has 0 radical (unpaired) electrons. The number of hydrogen-bond acceptors (Lipinski definition) is 1. The van der Waals surface area contributed by atoms with E-state index in [1.807, 2.05) is 0 Å². The molecule has 4 heteroatoms. The molecule has 17 heavy (non-hydrogen) atoms. The molecule has 1 aromatic rings. The maximum Gasteiger partial charge on any atom is 0.274 e. The minimum absolute atomic E-state index is 0.0533. The Morgan fingerprint density at radius 2 is 1.94 bits per heavy atom. The molecule has 1 nitrogen and oxygen atoms in total. The first kappa shape index (κ1) is 13.0. The summed E-state index contributed by atoms with van der Waals surface area (Å²) in [6, 6.07) is 6.26. The lowest BCUT2D eigenvalue weighted by Gasteiger charge is -2.27. The Hall–Kier alpha value is -0.480. The highest BCUT2D eigenvalue weighted by Gasteiger charge is 2.34. The molecule has 1 fully saturated rings. The zero-order valence-corrected chi connectivity index (χ0v) is 11.1. The summed E-state index contributed by atoms with van der Waals surface area (Å²) in [6.07, 6.45) is 2.90. The van der Waals surface area contributed by atoms with Crippen molar-refractivity contribution >= 4 is 15.9 Å². The van der Waals surface area contributed by atoms with E-state index < -0.39 is 5.92 Å². The van der Waals surface area contributed by atoms with E-state index in [0.29, 0.717) is 0 Å². The second kappa shape index (κ2) is 5.44. The van der Waals surface area contributed by atoms with Crippen LogP contribution in [-0.4, -0.2) is 12.6 Å². The van der Waals surface area contributed by atoms with Gasteiger partial charge in [0.2, 0.25) is 0 Å². The van der Waals surface area contributed by atoms with E-state index in [0.717, 1.165) is 30.3 Å². The summed E-state index contributed by atoms with van der Waals surface area (Å²) in [5.41, 5.74) is 0.105. The minimum atomic E-state index is -2.74. The van der Waals surface area contributed by atoms with Gasteiger partial charge in [-0.3, -0.25) is 0 Å². The number of benzene rings is 1. The van der Waals surface area contributed by atoms with Gasteiger partial charge in [0.25, 0.3) is 5.92 Å². The predicted molar refractivity (Wildman–Crippen MR) is 68.3 cm³/mol. The third-order valence-electron chi connectivity index (χ3n) is 3.18. The summed E-state index contributed by atoms with van der Waals surface area (Å²) in [5.74, 6) is -2.74. The molecule has 0 amide bonds. The summed E-state index contributed by atoms with van der Waals surface area (Å²) in [7, 11) is 0. The maximum atomic E-state index is 14.0. The van der Waals surface area contributed by atoms with Crippen molar-refractivity contribution in [2.24, 2.45) is 0 Å². The largest absolute Gasteiger partial charge is 0.314 e. The van der Waals surface area contributed by atoms with Gasteiger partial charge in [-0.25, -0.2) is 8.78 Å². The zero-order valence-electron chi connectivity index (χ0n) is 9.56. The van der Waals surface area contributed by atoms with Crippen LogP contribution in [0.4, 0.5) is 8.78 Å². The SMILES string of the molecule is FC(F)(CC1CCCCN1)c1ccc(Br)cc1. The van der Waals surface area contributed by atoms with E-state index in [-0.39, 0.29) is 18.0 Å². The molecule has 1 aliphatic heterocycles. The summed E-state index contributed by atoms with van der Waals surface area (Å²) < 4.78 is 28.9. The molecular formula is C13H16BrF2N. The fraction of sp³-hybridized carbons (Fsp3) is 0.538. The van der Waals surface area contributed by atoms with Gasteiger partial charge in [0.1, 0.15) is 0 Å². The van der Waals surface area contributed by atoms with E-state index >= 15 is 0 Å². The van der Waals surface area contributed by atoms with Crippen molar-refractivity contribution in [3.05, 3.63) is 34.3 Å². The normalized spacial score (nSPS) is 21.5. The van der Waals surface area contributed by atoms with Crippen LogP contribution in [0.1, 0.15) is 31.2 Å². The maximum absolute atomic E-state index is 14.0. The van der Waals surface area contributed by atoms with E-state index in [9.17, 15) is 8.78 Å². The van der Waals surface area contributed by atoms with Crippen molar-refractivity contribution in [2.75, 3.05) is 6.54 Å². The molecule has 2 rings (SSSR count). The lowest BCUT2D eigenvalue weighted by atomic mass is 9.95. The molecule has 0 bridgehead atoms. The Morgan fingerprint density at radius 3 is 2.53 bits per heavy atom. The fourth-order valence-corrected chi connectivity index (χ4v) is 2.48. The highest BCUT2D eigenvalue weighted by Crippen LogP contribution is 2.34. The van der Waals surface area contributed by atoms with Crippen LogP contribution in [0.15, 0.2) is 28.7 Å². The van der Waals surface area contributed by atoms with Crippen LogP contribution in [0, 0.1) is 0 Å². The molecule has 1 N–H and O–H groups in total. The Labute approximate surface area is 109 Å². The van der Waals surface area contributed by atoms with E-state index in [2.05, 4.69) is 21.2 Å². The predicted octanol–water partition coefficient (Wildman–Crippen LogP) is 4.07. The van der Waals surface area contributed by atoms with Crippen LogP contribution < -0.4 is 5.32 Å². The van der Waals surface area contributed by atoms with Crippen molar-refractivity contribution in [1.29, 1.82) is 0 Å². The van der Waals surface area contributed by atoms with E-state index in [1.165, 1.54) is 12.1 Å². The number of alkyl halides is 2. The quantitative estimate of drug-likeness (QED) is 0.887. The average molecular weight is 304 g/mol. The van der Waals surface area contributed by atoms with Gasteiger partial charge in [-0.2, -0.15) is 0 Å². The van der Waals surface area contributed by atoms with Gasteiger partial charge in [-0.15, -0.1) is 0 Å². The molecule has 94 valence electrons. The lowest BCUT2D eigenvalue weighted by molar-refractivity contribution is -0.0253. The summed E-state index contributed by atoms with van der Waals surface area (Å²) in [5, 5.41) is 3.17. The van der Waals surface area contributed by atoms with Gasteiger partial charge < -0.3 is 5.32 Å². The average Bonchev–Trinajstić information content (AvgIpc) is 2.30. The van der Waals surface area contributed by atoms with Gasteiger partial charge in [-0.05, 0) is 31.5 Å². The molecule has 1 saturated heterocycles. The highest BCUT2D eigenvalue weighted by atomic mass is 79.9. The van der Waals surface area contributed by atoms with Crippen LogP contribution in [-0.2, 0) is 5.92 Å². The molecule has 1 atom stereocenters. The fourth-order valence-electron chi connectivity index (χ4n) is 2.22. The third kappa shape index (κ3) is 3.49. The first-order valence-corrected chi connectivity index (χ1v) is 6.74. The van der Waals surface area contributed by atoms with Crippen LogP contribution in [0.25, 0.3) is 0 Å². The van der Waals surface area contributed by atoms with Crippen molar-refractivity contribution in [2.45, 2.75) is 37.6 Å². The lowest BCUT2D eigenvalue weighted by Crippen LogP contribution is -2.37. The third-order valence-corrected chi connectivity index (χ3v) is 3.71. The Morgan fingerprint density at radius 1 is 1.24 bits per heavy atom. The summed E-state index contributed by atoms with van der Waals surface area (Å²) >= 11 is 3.25. The van der Waals surface area contributed by atoms with Crippen LogP contribution in [0.3, 0.4) is 0 Å². The first-order valence-electron chi connectivity index (χ1n) is 5.95. The number of piperidine rings is 1. The Balaban J connectivity index is 2.04. The van der Waals surface area contributed by atoms with Crippen molar-refractivity contribution in [3.63, 3.8) is 0 Å². The van der Waals surface area contributed by atoms with Crippen molar-refractivity contribution in [3.8, 4) is 0 Å². The minimum Gasteiger partial charge on any atom is -0.314 e. The summed E-state index contributed by atoms with van der Waals surface area (Å²) in [4.78, 5) is 0. The van der Waals surface area contributed by atoms with Gasteiger partial charge in [-0.1, -0.05) is 34.5 Å². The number of nitrogens with one attached hydrogen (secondary N) is 1. The van der Waals surface area contributed by atoms with Crippen LogP contribution in [0.5, 0.6) is 0 Å². The van der Waals surface area contributed by atoms with Crippen molar-refractivity contribution < 1.29 is 8.78 Å². The molecule has 0 spiro atoms. The molecule has 1 heterocycles. The second-order valence-corrected chi connectivity index (χ2v) is 5.48. The molecule has 1 aromatic carbocycles. The molecule has 0 saturated carbocycles. The Kier molecular flexibility index (Phi) is 4.15. The standard InChI is InChI=1S/C13H16BrF2N/c14-11-6-4-10(5-7-11)13(15,16)9-12-3-1-2-8-17-12/h4-7,12,17H,1-3,8-9H2. The second-order valence-electron chi connectivity index (χ2n) is 4.56. The molecule has 0 aliphatic carbocycles. The number of rotatable bonds is 3. The Bertz CT molecular complexity index is 358. The molecular weight excluding hydrogens is 288 g/mol. The van der Waals surface area contributed by atoms with Crippen LogP contribution in [0.2, 0.25) is 0 Å². The zero-order chi connectivity index (χ0) is 12.3. The first-order chi connectivity index (χ1) is 8.08. The highest BCUT2D eigenvalue weighted by molar-refractivity contribution is 9.10. The van der Waals surface area contributed by atoms with Gasteiger partial charge in [0, 0.05) is 22.5 Å². The topological polar surface area (TPSA) is 12.0 Å². The van der Waals surface area contributed by atoms with E-state index in [4.69, 9.17) is 0 Å². The van der Waals surface area contributed by atoms with E-state index in [1.54, 1.807) is 12.1 Å². The molecule has 0 aromatic heterocycles. The number of hydrogen-bond donors (Lipinski definition) is 1. The van der Waals surface area contributed by atoms with Crippen molar-refractivity contribution in [1.82, 2.24) is 5.32 Å². The summed E-state index contributed by atoms with van der Waals surface area (Å²) in [6.45, 7) is 0.862. The number of halogens is 3. The van der Waals surface area contributed by atoms with Gasteiger partial charge in [0.05, 0.1) is 0 Å². The molecule has 1 unspecified atom stereocenters. The van der Waals surface area contributed by atoms with Gasteiger partial charge >= 0.3 is 0 Å². The van der Waals surface area contributed by atoms with Gasteiger partial charge in [0.15, 0.2) is 0 Å². The van der Waals surface area contributed by atoms with Crippen LogP contribution >= 0.6 is 15.9 Å². The molecule has 1 aliphatic rings.